The van der Waals surface area contributed by atoms with Crippen LogP contribution in [0.5, 0.6) is 0 Å². The topological polar surface area (TPSA) is 48.1 Å². The molecular formula is C39H64N4P2Si. The average Bonchev–Trinajstić information content (AvgIpc) is 3.02. The predicted octanol–water partition coefficient (Wildman–Crippen LogP) is 6.75. The van der Waals surface area contributed by atoms with Gasteiger partial charge in [-0.05, 0) is 141 Å². The quantitative estimate of drug-likeness (QED) is 0.182. The molecule has 4 N–H and O–H groups in total. The van der Waals surface area contributed by atoms with Gasteiger partial charge in [0.2, 0.25) is 0 Å². The van der Waals surface area contributed by atoms with Crippen LogP contribution < -0.4 is 26.5 Å². The highest BCUT2D eigenvalue weighted by Gasteiger charge is 2.69. The molecule has 7 heteroatoms. The highest BCUT2D eigenvalue weighted by Crippen LogP contribution is 2.78. The van der Waals surface area contributed by atoms with Gasteiger partial charge in [-0.3, -0.25) is 0 Å². The van der Waals surface area contributed by atoms with Crippen molar-refractivity contribution < 1.29 is 0 Å². The SMILES string of the molecule is C[Si](C)(C)c1ccc(C(P)(C23CC4CC(CC(C4)C2)C3)C23CC4CC(CC(C4)C2)C3)c(CP(C2CNCCN2)C2CNCCN2)c1. The number of nitrogens with one attached hydrogen (secondary N) is 4. The van der Waals surface area contributed by atoms with Crippen LogP contribution in [0.1, 0.15) is 88.2 Å². The highest BCUT2D eigenvalue weighted by molar-refractivity contribution is 7.58. The van der Waals surface area contributed by atoms with Crippen molar-refractivity contribution in [3.63, 3.8) is 0 Å². The van der Waals surface area contributed by atoms with Crippen molar-refractivity contribution in [1.82, 2.24) is 21.3 Å². The maximum atomic E-state index is 4.06. The van der Waals surface area contributed by atoms with E-state index in [1.54, 1.807) is 49.3 Å². The van der Waals surface area contributed by atoms with E-state index in [9.17, 15) is 0 Å². The molecule has 8 saturated carbocycles. The molecule has 1 aromatic carbocycles. The lowest BCUT2D eigenvalue weighted by atomic mass is 9.37. The Bertz CT molecular complexity index is 1160. The summed E-state index contributed by atoms with van der Waals surface area (Å²) in [4.78, 5) is 0. The lowest BCUT2D eigenvalue weighted by Crippen LogP contribution is -2.64. The summed E-state index contributed by atoms with van der Waals surface area (Å²) in [5.74, 6) is 7.15. The Labute approximate surface area is 285 Å². The van der Waals surface area contributed by atoms with Gasteiger partial charge in [-0.1, -0.05) is 50.9 Å². The van der Waals surface area contributed by atoms with Crippen LogP contribution in [-0.2, 0) is 11.3 Å². The standard InChI is InChI=1S/C39H64N4P2Si/c1-46(2,3)33-4-5-34(32(16-33)25-45(35-23-40-6-8-42-35)36-24-41-7-9-43-36)39(44,37-17-26-10-27(18-37)12-28(11-26)19-37)38-20-29-13-30(21-38)15-31(14-29)22-38/h4-5,16,26-31,35-36,40-43H,6-15,17-25,44H2,1-3H3. The second kappa shape index (κ2) is 11.9. The van der Waals surface area contributed by atoms with Crippen LogP contribution in [0.15, 0.2) is 18.2 Å². The van der Waals surface area contributed by atoms with Gasteiger partial charge in [0.1, 0.15) is 0 Å². The van der Waals surface area contributed by atoms with Crippen molar-refractivity contribution in [2.75, 3.05) is 39.3 Å². The van der Waals surface area contributed by atoms with E-state index in [1.807, 2.05) is 5.56 Å². The molecule has 2 saturated heterocycles. The fraction of sp³-hybridized carbons (Fsp3) is 0.846. The first-order valence-corrected chi connectivity index (χ1v) is 25.4. The summed E-state index contributed by atoms with van der Waals surface area (Å²) in [6, 6.07) is 8.32. The Morgan fingerprint density at radius 3 is 1.50 bits per heavy atom. The predicted molar refractivity (Wildman–Crippen MR) is 202 cm³/mol. The summed E-state index contributed by atoms with van der Waals surface area (Å²) in [7, 11) is 2.17. The zero-order valence-corrected chi connectivity index (χ0v) is 32.4. The van der Waals surface area contributed by atoms with Gasteiger partial charge in [-0.15, -0.1) is 9.24 Å². The van der Waals surface area contributed by atoms with Crippen molar-refractivity contribution in [3.8, 4) is 0 Å². The molecule has 11 rings (SSSR count). The average molecular weight is 679 g/mol. The van der Waals surface area contributed by atoms with Crippen molar-refractivity contribution in [2.45, 2.75) is 120 Å². The molecule has 10 aliphatic rings. The Balaban J connectivity index is 1.21. The zero-order chi connectivity index (χ0) is 31.3. The van der Waals surface area contributed by atoms with Crippen molar-refractivity contribution >= 4 is 30.4 Å². The molecule has 8 bridgehead atoms. The maximum Gasteiger partial charge on any atom is 0.0776 e. The second-order valence-corrected chi connectivity index (χ2v) is 27.9. The van der Waals surface area contributed by atoms with Crippen LogP contribution in [-0.4, -0.2) is 58.9 Å². The minimum Gasteiger partial charge on any atom is -0.314 e. The van der Waals surface area contributed by atoms with E-state index >= 15 is 0 Å². The first-order valence-electron chi connectivity index (χ1n) is 19.7. The summed E-state index contributed by atoms with van der Waals surface area (Å²) < 4.78 is 0. The fourth-order valence-corrected chi connectivity index (χ4v) is 19.4. The summed E-state index contributed by atoms with van der Waals surface area (Å²) in [5.41, 5.74) is 4.58. The van der Waals surface area contributed by atoms with E-state index in [2.05, 4.69) is 68.3 Å². The molecule has 0 radical (unpaired) electrons. The van der Waals surface area contributed by atoms with Gasteiger partial charge in [0.05, 0.1) is 8.07 Å². The lowest BCUT2D eigenvalue weighted by Gasteiger charge is -2.72. The molecule has 3 atom stereocenters. The number of benzene rings is 1. The third-order valence-corrected chi connectivity index (χ3v) is 22.0. The molecule has 46 heavy (non-hydrogen) atoms. The minimum absolute atomic E-state index is 0.219. The largest absolute Gasteiger partial charge is 0.314 e. The van der Waals surface area contributed by atoms with Gasteiger partial charge < -0.3 is 21.3 Å². The molecule has 254 valence electrons. The third-order valence-electron chi connectivity index (χ3n) is 15.3. The molecule has 2 heterocycles. The molecular weight excluding hydrogens is 614 g/mol. The zero-order valence-electron chi connectivity index (χ0n) is 29.3. The molecule has 0 aromatic heterocycles. The van der Waals surface area contributed by atoms with Crippen LogP contribution in [0.3, 0.4) is 0 Å². The summed E-state index contributed by atoms with van der Waals surface area (Å²) in [6.45, 7) is 14.4. The molecule has 10 fully saturated rings. The maximum absolute atomic E-state index is 4.06. The van der Waals surface area contributed by atoms with E-state index in [0.717, 1.165) is 74.8 Å². The second-order valence-electron chi connectivity index (χ2n) is 19.3. The Hall–Kier alpha value is 0.137. The van der Waals surface area contributed by atoms with Gasteiger partial charge in [-0.25, -0.2) is 0 Å². The van der Waals surface area contributed by atoms with E-state index in [1.165, 1.54) is 44.7 Å². The number of hydrogen-bond acceptors (Lipinski definition) is 4. The first kappa shape index (κ1) is 32.1. The highest BCUT2D eigenvalue weighted by atomic mass is 31.1. The van der Waals surface area contributed by atoms with Gasteiger partial charge in [0.15, 0.2) is 0 Å². The van der Waals surface area contributed by atoms with E-state index in [-0.39, 0.29) is 13.1 Å². The summed E-state index contributed by atoms with van der Waals surface area (Å²) >= 11 is 0. The van der Waals surface area contributed by atoms with Crippen molar-refractivity contribution in [3.05, 3.63) is 29.3 Å². The van der Waals surface area contributed by atoms with Gasteiger partial charge in [-0.2, -0.15) is 0 Å². The first-order chi connectivity index (χ1) is 22.1. The van der Waals surface area contributed by atoms with E-state index in [0.29, 0.717) is 22.4 Å². The third kappa shape index (κ3) is 5.24. The minimum atomic E-state index is -1.47. The Morgan fingerprint density at radius 2 is 1.13 bits per heavy atom. The number of piperazine rings is 2. The molecule has 0 amide bonds. The molecule has 1 aromatic rings. The monoisotopic (exact) mass is 678 g/mol. The molecule has 4 nitrogen and oxygen atoms in total. The van der Waals surface area contributed by atoms with Crippen molar-refractivity contribution in [1.29, 1.82) is 0 Å². The van der Waals surface area contributed by atoms with Gasteiger partial charge >= 0.3 is 0 Å². The molecule has 0 spiro atoms. The Kier molecular flexibility index (Phi) is 8.26. The van der Waals surface area contributed by atoms with Crippen LogP contribution in [0.4, 0.5) is 0 Å². The number of rotatable bonds is 8. The molecule has 8 aliphatic carbocycles. The fourth-order valence-electron chi connectivity index (χ4n) is 14.3. The Morgan fingerprint density at radius 1 is 0.696 bits per heavy atom. The van der Waals surface area contributed by atoms with Gasteiger partial charge in [0.25, 0.3) is 0 Å². The van der Waals surface area contributed by atoms with E-state index < -0.39 is 8.07 Å². The summed E-state index contributed by atoms with van der Waals surface area (Å²) in [5, 5.41) is 17.6. The van der Waals surface area contributed by atoms with Crippen molar-refractivity contribution in [2.24, 2.45) is 46.3 Å². The van der Waals surface area contributed by atoms with Gasteiger partial charge in [0, 0.05) is 56.0 Å². The van der Waals surface area contributed by atoms with Crippen LogP contribution in [0, 0.1) is 46.3 Å². The van der Waals surface area contributed by atoms with E-state index in [4.69, 9.17) is 0 Å². The normalized spacial score (nSPS) is 45.1. The lowest BCUT2D eigenvalue weighted by molar-refractivity contribution is -0.158. The summed E-state index contributed by atoms with van der Waals surface area (Å²) in [6.07, 6.45) is 19.7. The van der Waals surface area contributed by atoms with Crippen LogP contribution in [0.25, 0.3) is 0 Å². The number of hydrogen-bond donors (Lipinski definition) is 4. The molecule has 2 aliphatic heterocycles. The smallest absolute Gasteiger partial charge is 0.0776 e. The van der Waals surface area contributed by atoms with Crippen LogP contribution >= 0.6 is 17.2 Å². The van der Waals surface area contributed by atoms with Crippen LogP contribution in [0.2, 0.25) is 19.6 Å². The molecule has 3 unspecified atom stereocenters.